The summed E-state index contributed by atoms with van der Waals surface area (Å²) in [6.07, 6.45) is 0. The van der Waals surface area contributed by atoms with E-state index >= 15 is 0 Å². The molecule has 7 heteroatoms. The summed E-state index contributed by atoms with van der Waals surface area (Å²) in [5, 5.41) is 18.7. The Hall–Kier alpha value is -3.35. The molecule has 3 rings (SSSR count). The van der Waals surface area contributed by atoms with Gasteiger partial charge < -0.3 is 19.6 Å². The molecule has 0 saturated carbocycles. The first-order chi connectivity index (χ1) is 11.6. The molecular weight excluding hydrogens is 310 g/mol. The van der Waals surface area contributed by atoms with Crippen LogP contribution in [0.25, 0.3) is 10.9 Å². The van der Waals surface area contributed by atoms with Gasteiger partial charge in [-0.15, -0.1) is 10.2 Å². The minimum Gasteiger partial charge on any atom is -0.505 e. The summed E-state index contributed by atoms with van der Waals surface area (Å²) in [6, 6.07) is 11.9. The van der Waals surface area contributed by atoms with E-state index in [-0.39, 0.29) is 11.4 Å². The van der Waals surface area contributed by atoms with Crippen LogP contribution in [0.1, 0.15) is 0 Å². The standard InChI is InChI=1S/C17H15N3O4/c1-23-10-7-8-14(24-2)13(9-10)19-20-15-16(21)11-5-3-4-6-12(11)18-17(15)22/h3-9H,1-2H3,(H2,18,21,22). The highest BCUT2D eigenvalue weighted by atomic mass is 16.5. The highest BCUT2D eigenvalue weighted by Gasteiger charge is 2.12. The second-order valence-corrected chi connectivity index (χ2v) is 4.93. The molecule has 2 aromatic carbocycles. The summed E-state index contributed by atoms with van der Waals surface area (Å²) >= 11 is 0. The summed E-state index contributed by atoms with van der Waals surface area (Å²) in [4.78, 5) is 14.8. The third-order valence-corrected chi connectivity index (χ3v) is 3.51. The molecule has 7 nitrogen and oxygen atoms in total. The number of azo groups is 1. The molecule has 1 heterocycles. The average molecular weight is 325 g/mol. The Kier molecular flexibility index (Phi) is 4.15. The van der Waals surface area contributed by atoms with Crippen molar-refractivity contribution in [1.82, 2.24) is 4.98 Å². The largest absolute Gasteiger partial charge is 0.505 e. The number of H-pyrrole nitrogens is 1. The zero-order chi connectivity index (χ0) is 17.1. The number of nitrogens with one attached hydrogen (secondary N) is 1. The van der Waals surface area contributed by atoms with Gasteiger partial charge in [-0.1, -0.05) is 12.1 Å². The van der Waals surface area contributed by atoms with Gasteiger partial charge >= 0.3 is 0 Å². The van der Waals surface area contributed by atoms with Gasteiger partial charge in [0.25, 0.3) is 5.56 Å². The quantitative estimate of drug-likeness (QED) is 0.715. The van der Waals surface area contributed by atoms with Gasteiger partial charge in [0, 0.05) is 11.5 Å². The second kappa shape index (κ2) is 6.41. The van der Waals surface area contributed by atoms with Gasteiger partial charge in [0.15, 0.2) is 11.4 Å². The van der Waals surface area contributed by atoms with Crippen molar-refractivity contribution >= 4 is 22.3 Å². The minimum atomic E-state index is -0.531. The number of aromatic amines is 1. The third-order valence-electron chi connectivity index (χ3n) is 3.51. The lowest BCUT2D eigenvalue weighted by Crippen LogP contribution is -2.04. The molecule has 3 aromatic rings. The summed E-state index contributed by atoms with van der Waals surface area (Å²) in [7, 11) is 3.03. The van der Waals surface area contributed by atoms with Crippen LogP contribution < -0.4 is 15.0 Å². The van der Waals surface area contributed by atoms with Crippen molar-refractivity contribution in [2.45, 2.75) is 0 Å². The number of rotatable bonds is 4. The van der Waals surface area contributed by atoms with Gasteiger partial charge in [-0.25, -0.2) is 0 Å². The number of aromatic nitrogens is 1. The maximum atomic E-state index is 12.1. The van der Waals surface area contributed by atoms with E-state index in [2.05, 4.69) is 15.2 Å². The molecule has 0 fully saturated rings. The van der Waals surface area contributed by atoms with Crippen molar-refractivity contribution < 1.29 is 14.6 Å². The highest BCUT2D eigenvalue weighted by Crippen LogP contribution is 2.35. The summed E-state index contributed by atoms with van der Waals surface area (Å²) < 4.78 is 10.3. The van der Waals surface area contributed by atoms with Crippen molar-refractivity contribution in [2.24, 2.45) is 10.2 Å². The van der Waals surface area contributed by atoms with Gasteiger partial charge in [-0.05, 0) is 24.3 Å². The fraction of sp³-hybridized carbons (Fsp3) is 0.118. The fourth-order valence-electron chi connectivity index (χ4n) is 2.29. The lowest BCUT2D eigenvalue weighted by atomic mass is 10.2. The molecule has 0 aliphatic heterocycles. The first-order valence-corrected chi connectivity index (χ1v) is 7.12. The van der Waals surface area contributed by atoms with E-state index in [1.807, 2.05) is 0 Å². The molecule has 0 spiro atoms. The van der Waals surface area contributed by atoms with E-state index in [1.54, 1.807) is 42.5 Å². The molecule has 122 valence electrons. The number of hydrogen-bond acceptors (Lipinski definition) is 6. The van der Waals surface area contributed by atoms with Gasteiger partial charge in [0.2, 0.25) is 0 Å². The molecule has 0 bridgehead atoms. The van der Waals surface area contributed by atoms with Crippen LogP contribution in [0.4, 0.5) is 11.4 Å². The van der Waals surface area contributed by atoms with E-state index in [9.17, 15) is 9.90 Å². The Morgan fingerprint density at radius 2 is 1.83 bits per heavy atom. The summed E-state index contributed by atoms with van der Waals surface area (Å²) in [5.74, 6) is 0.817. The monoisotopic (exact) mass is 325 g/mol. The normalized spacial score (nSPS) is 11.1. The van der Waals surface area contributed by atoms with Crippen LogP contribution in [0.15, 0.2) is 57.5 Å². The Morgan fingerprint density at radius 3 is 2.58 bits per heavy atom. The third kappa shape index (κ3) is 2.79. The van der Waals surface area contributed by atoms with Gasteiger partial charge in [-0.3, -0.25) is 4.79 Å². The Labute approximate surface area is 137 Å². The Bertz CT molecular complexity index is 979. The molecule has 24 heavy (non-hydrogen) atoms. The van der Waals surface area contributed by atoms with Crippen LogP contribution in [0.5, 0.6) is 17.2 Å². The maximum absolute atomic E-state index is 12.1. The number of para-hydroxylation sites is 1. The van der Waals surface area contributed by atoms with E-state index in [0.717, 1.165) is 0 Å². The predicted octanol–water partition coefficient (Wildman–Crippen LogP) is 3.67. The lowest BCUT2D eigenvalue weighted by Gasteiger charge is -2.06. The molecular formula is C17H15N3O4. The van der Waals surface area contributed by atoms with Crippen molar-refractivity contribution in [3.63, 3.8) is 0 Å². The van der Waals surface area contributed by atoms with E-state index < -0.39 is 5.56 Å². The van der Waals surface area contributed by atoms with Crippen molar-refractivity contribution in [1.29, 1.82) is 0 Å². The molecule has 0 atom stereocenters. The number of ether oxygens (including phenoxy) is 2. The van der Waals surface area contributed by atoms with E-state index in [4.69, 9.17) is 9.47 Å². The number of fused-ring (bicyclic) bond motifs is 1. The fourth-order valence-corrected chi connectivity index (χ4v) is 2.29. The number of aromatic hydroxyl groups is 1. The predicted molar refractivity (Wildman–Crippen MR) is 90.0 cm³/mol. The smallest absolute Gasteiger partial charge is 0.280 e. The van der Waals surface area contributed by atoms with Crippen LogP contribution in [0.3, 0.4) is 0 Å². The molecule has 2 N–H and O–H groups in total. The molecule has 0 amide bonds. The van der Waals surface area contributed by atoms with Crippen LogP contribution >= 0.6 is 0 Å². The second-order valence-electron chi connectivity index (χ2n) is 4.93. The number of benzene rings is 2. The van der Waals surface area contributed by atoms with Gasteiger partial charge in [0.05, 0.1) is 19.7 Å². The maximum Gasteiger partial charge on any atom is 0.280 e. The van der Waals surface area contributed by atoms with Crippen LogP contribution in [-0.4, -0.2) is 24.3 Å². The topological polar surface area (TPSA) is 96.3 Å². The Balaban J connectivity index is 2.10. The first-order valence-electron chi connectivity index (χ1n) is 7.12. The number of nitrogens with zero attached hydrogens (tertiary/aromatic N) is 2. The molecule has 0 unspecified atom stereocenters. The average Bonchev–Trinajstić information content (AvgIpc) is 2.61. The van der Waals surface area contributed by atoms with Crippen molar-refractivity contribution in [2.75, 3.05) is 14.2 Å². The zero-order valence-corrected chi connectivity index (χ0v) is 13.1. The SMILES string of the molecule is COc1ccc(OC)c(N=Nc2c(O)c3ccccc3[nH]c2=O)c1. The highest BCUT2D eigenvalue weighted by molar-refractivity contribution is 5.88. The lowest BCUT2D eigenvalue weighted by molar-refractivity contribution is 0.404. The van der Waals surface area contributed by atoms with Crippen molar-refractivity contribution in [3.05, 3.63) is 52.8 Å². The van der Waals surface area contributed by atoms with Crippen LogP contribution in [-0.2, 0) is 0 Å². The zero-order valence-electron chi connectivity index (χ0n) is 13.1. The Morgan fingerprint density at radius 1 is 1.04 bits per heavy atom. The number of methoxy groups -OCH3 is 2. The van der Waals surface area contributed by atoms with Crippen molar-refractivity contribution in [3.8, 4) is 17.2 Å². The molecule has 0 aliphatic rings. The summed E-state index contributed by atoms with van der Waals surface area (Å²) in [6.45, 7) is 0. The van der Waals surface area contributed by atoms with Crippen LogP contribution in [0.2, 0.25) is 0 Å². The molecule has 1 aromatic heterocycles. The molecule has 0 saturated heterocycles. The summed E-state index contributed by atoms with van der Waals surface area (Å²) in [5.41, 5.74) is 0.206. The van der Waals surface area contributed by atoms with Gasteiger partial charge in [0.1, 0.15) is 17.2 Å². The minimum absolute atomic E-state index is 0.168. The van der Waals surface area contributed by atoms with Crippen LogP contribution in [0, 0.1) is 0 Å². The van der Waals surface area contributed by atoms with E-state index in [0.29, 0.717) is 28.1 Å². The molecule has 0 aliphatic carbocycles. The van der Waals surface area contributed by atoms with Gasteiger partial charge in [-0.2, -0.15) is 0 Å². The molecule has 0 radical (unpaired) electrons. The number of pyridine rings is 1. The number of hydrogen-bond donors (Lipinski definition) is 2. The first kappa shape index (κ1) is 15.5. The van der Waals surface area contributed by atoms with E-state index in [1.165, 1.54) is 14.2 Å².